The van der Waals surface area contributed by atoms with E-state index < -0.39 is 10.0 Å². The summed E-state index contributed by atoms with van der Waals surface area (Å²) in [6.45, 7) is 0.444. The molecule has 1 aromatic carbocycles. The van der Waals surface area contributed by atoms with Gasteiger partial charge >= 0.3 is 0 Å². The summed E-state index contributed by atoms with van der Waals surface area (Å²) < 4.78 is 28.7. The zero-order valence-electron chi connectivity index (χ0n) is 11.8. The highest BCUT2D eigenvalue weighted by Gasteiger charge is 2.38. The van der Waals surface area contributed by atoms with Crippen molar-refractivity contribution in [3.63, 3.8) is 0 Å². The van der Waals surface area contributed by atoms with Crippen molar-refractivity contribution >= 4 is 15.7 Å². The van der Waals surface area contributed by atoms with Gasteiger partial charge in [0.1, 0.15) is 4.90 Å². The first-order chi connectivity index (χ1) is 10.0. The van der Waals surface area contributed by atoms with Gasteiger partial charge in [-0.25, -0.2) is 8.42 Å². The summed E-state index contributed by atoms with van der Waals surface area (Å²) in [5, 5.41) is 3.96. The van der Waals surface area contributed by atoms with Gasteiger partial charge in [-0.3, -0.25) is 8.99 Å². The van der Waals surface area contributed by atoms with E-state index in [2.05, 4.69) is 5.10 Å². The largest absolute Gasteiger partial charge is 0.326 e. The number of hydrogen-bond donors (Lipinski definition) is 1. The maximum absolute atomic E-state index is 12.8. The summed E-state index contributed by atoms with van der Waals surface area (Å²) in [7, 11) is -1.87. The van der Waals surface area contributed by atoms with Crippen molar-refractivity contribution in [3.05, 3.63) is 42.2 Å². The minimum Gasteiger partial charge on any atom is -0.326 e. The molecule has 0 amide bonds. The van der Waals surface area contributed by atoms with Gasteiger partial charge in [0.25, 0.3) is 10.0 Å². The Kier molecular flexibility index (Phi) is 3.46. The van der Waals surface area contributed by atoms with Crippen molar-refractivity contribution in [2.75, 3.05) is 4.31 Å². The third-order valence-electron chi connectivity index (χ3n) is 3.54. The SMILES string of the molecule is Cn1cc(S(=O)(=O)N(c2ccc(CN)cc2)C2CC2)cn1. The molecule has 3 rings (SSSR count). The molecule has 2 N–H and O–H groups in total. The second-order valence-corrected chi connectivity index (χ2v) is 7.07. The van der Waals surface area contributed by atoms with Gasteiger partial charge in [0.05, 0.1) is 11.9 Å². The van der Waals surface area contributed by atoms with Crippen LogP contribution in [0.3, 0.4) is 0 Å². The van der Waals surface area contributed by atoms with Crippen LogP contribution in [0, 0.1) is 0 Å². The maximum Gasteiger partial charge on any atom is 0.267 e. The molecule has 1 aliphatic carbocycles. The first-order valence-corrected chi connectivity index (χ1v) is 8.28. The molecule has 0 aliphatic heterocycles. The highest BCUT2D eigenvalue weighted by Crippen LogP contribution is 2.36. The Labute approximate surface area is 124 Å². The molecule has 112 valence electrons. The van der Waals surface area contributed by atoms with Gasteiger partial charge in [-0.1, -0.05) is 12.1 Å². The molecule has 0 unspecified atom stereocenters. The lowest BCUT2D eigenvalue weighted by Crippen LogP contribution is -2.33. The van der Waals surface area contributed by atoms with Crippen molar-refractivity contribution in [2.45, 2.75) is 30.3 Å². The Morgan fingerprint density at radius 3 is 2.48 bits per heavy atom. The lowest BCUT2D eigenvalue weighted by atomic mass is 10.2. The molecule has 0 bridgehead atoms. The third-order valence-corrected chi connectivity index (χ3v) is 5.38. The number of rotatable bonds is 5. The molecule has 1 saturated carbocycles. The van der Waals surface area contributed by atoms with Crippen LogP contribution in [-0.4, -0.2) is 24.2 Å². The second-order valence-electron chi connectivity index (χ2n) is 5.25. The zero-order chi connectivity index (χ0) is 15.0. The molecule has 6 nitrogen and oxygen atoms in total. The normalized spacial score (nSPS) is 15.1. The van der Waals surface area contributed by atoms with Gasteiger partial charge < -0.3 is 5.73 Å². The minimum absolute atomic E-state index is 0.0407. The summed E-state index contributed by atoms with van der Waals surface area (Å²) in [5.74, 6) is 0. The van der Waals surface area contributed by atoms with E-state index in [1.54, 1.807) is 7.05 Å². The van der Waals surface area contributed by atoms with E-state index in [4.69, 9.17) is 5.73 Å². The summed E-state index contributed by atoms with van der Waals surface area (Å²) in [6.07, 6.45) is 4.69. The fourth-order valence-corrected chi connectivity index (χ4v) is 3.98. The van der Waals surface area contributed by atoms with E-state index >= 15 is 0 Å². The van der Waals surface area contributed by atoms with Crippen LogP contribution in [0.1, 0.15) is 18.4 Å². The molecular weight excluding hydrogens is 288 g/mol. The number of nitrogens with two attached hydrogens (primary N) is 1. The molecule has 1 fully saturated rings. The van der Waals surface area contributed by atoms with E-state index in [9.17, 15) is 8.42 Å². The fourth-order valence-electron chi connectivity index (χ4n) is 2.28. The summed E-state index contributed by atoms with van der Waals surface area (Å²) >= 11 is 0. The number of benzene rings is 1. The molecule has 1 aromatic heterocycles. The minimum atomic E-state index is -3.57. The average Bonchev–Trinajstić information content (AvgIpc) is 3.19. The molecule has 0 atom stereocenters. The Balaban J connectivity index is 2.01. The number of aromatic nitrogens is 2. The standard InChI is InChI=1S/C14H18N4O2S/c1-17-10-14(9-16-17)21(19,20)18(13-6-7-13)12-4-2-11(8-15)3-5-12/h2-5,9-10,13H,6-8,15H2,1H3. The zero-order valence-corrected chi connectivity index (χ0v) is 12.6. The Hall–Kier alpha value is -1.86. The lowest BCUT2D eigenvalue weighted by Gasteiger charge is -2.23. The molecular formula is C14H18N4O2S. The number of nitrogens with zero attached hydrogens (tertiary/aromatic N) is 3. The van der Waals surface area contributed by atoms with Crippen LogP contribution in [0.2, 0.25) is 0 Å². The number of anilines is 1. The van der Waals surface area contributed by atoms with Crippen LogP contribution < -0.4 is 10.0 Å². The van der Waals surface area contributed by atoms with Crippen LogP contribution in [-0.2, 0) is 23.6 Å². The molecule has 1 heterocycles. The predicted octanol–water partition coefficient (Wildman–Crippen LogP) is 1.24. The van der Waals surface area contributed by atoms with Crippen molar-refractivity contribution in [3.8, 4) is 0 Å². The highest BCUT2D eigenvalue weighted by atomic mass is 32.2. The number of aryl methyl sites for hydroxylation is 1. The van der Waals surface area contributed by atoms with E-state index in [0.29, 0.717) is 12.2 Å². The molecule has 1 aliphatic rings. The van der Waals surface area contributed by atoms with Crippen LogP contribution in [0.25, 0.3) is 0 Å². The molecule has 0 radical (unpaired) electrons. The van der Waals surface area contributed by atoms with Crippen LogP contribution in [0.5, 0.6) is 0 Å². The first kappa shape index (κ1) is 14.1. The number of hydrogen-bond acceptors (Lipinski definition) is 4. The van der Waals surface area contributed by atoms with Gasteiger partial charge in [0.2, 0.25) is 0 Å². The van der Waals surface area contributed by atoms with Gasteiger partial charge in [-0.2, -0.15) is 5.10 Å². The Morgan fingerprint density at radius 2 is 2.00 bits per heavy atom. The summed E-state index contributed by atoms with van der Waals surface area (Å²) in [5.41, 5.74) is 7.24. The highest BCUT2D eigenvalue weighted by molar-refractivity contribution is 7.92. The van der Waals surface area contributed by atoms with E-state index in [1.807, 2.05) is 24.3 Å². The van der Waals surface area contributed by atoms with Crippen LogP contribution in [0.4, 0.5) is 5.69 Å². The molecule has 7 heteroatoms. The predicted molar refractivity (Wildman–Crippen MR) is 80.2 cm³/mol. The summed E-state index contributed by atoms with van der Waals surface area (Å²) in [4.78, 5) is 0.222. The van der Waals surface area contributed by atoms with Crippen LogP contribution in [0.15, 0.2) is 41.6 Å². The monoisotopic (exact) mass is 306 g/mol. The Bertz CT molecular complexity index is 733. The van der Waals surface area contributed by atoms with Gasteiger partial charge in [0.15, 0.2) is 0 Å². The second kappa shape index (κ2) is 5.16. The molecule has 21 heavy (non-hydrogen) atoms. The fraction of sp³-hybridized carbons (Fsp3) is 0.357. The van der Waals surface area contributed by atoms with Gasteiger partial charge in [-0.15, -0.1) is 0 Å². The molecule has 0 saturated heterocycles. The van der Waals surface area contributed by atoms with Crippen molar-refractivity contribution < 1.29 is 8.42 Å². The van der Waals surface area contributed by atoms with E-state index in [-0.39, 0.29) is 10.9 Å². The van der Waals surface area contributed by atoms with Crippen molar-refractivity contribution in [1.82, 2.24) is 9.78 Å². The third kappa shape index (κ3) is 2.66. The quantitative estimate of drug-likeness (QED) is 0.901. The van der Waals surface area contributed by atoms with Crippen molar-refractivity contribution in [1.29, 1.82) is 0 Å². The molecule has 2 aromatic rings. The van der Waals surface area contributed by atoms with E-state index in [1.165, 1.54) is 21.4 Å². The smallest absolute Gasteiger partial charge is 0.267 e. The average molecular weight is 306 g/mol. The lowest BCUT2D eigenvalue weighted by molar-refractivity contribution is 0.590. The van der Waals surface area contributed by atoms with Crippen LogP contribution >= 0.6 is 0 Å². The van der Waals surface area contributed by atoms with E-state index in [0.717, 1.165) is 18.4 Å². The van der Waals surface area contributed by atoms with Gasteiger partial charge in [0, 0.05) is 25.8 Å². The van der Waals surface area contributed by atoms with Gasteiger partial charge in [-0.05, 0) is 30.5 Å². The molecule has 0 spiro atoms. The number of sulfonamides is 1. The topological polar surface area (TPSA) is 81.2 Å². The Morgan fingerprint density at radius 1 is 1.33 bits per heavy atom. The maximum atomic E-state index is 12.8. The first-order valence-electron chi connectivity index (χ1n) is 6.84. The van der Waals surface area contributed by atoms with Crippen molar-refractivity contribution in [2.24, 2.45) is 12.8 Å². The summed E-state index contributed by atoms with van der Waals surface area (Å²) in [6, 6.07) is 7.40.